The number of carbonyl (C=O) groups is 2. The molecule has 0 fully saturated rings. The highest BCUT2D eigenvalue weighted by Gasteiger charge is 2.43. The molecule has 5 nitrogen and oxygen atoms in total. The fraction of sp³-hybridized carbons (Fsp3) is 0.238. The maximum Gasteiger partial charge on any atom is 0.328 e. The number of fused-ring (bicyclic) bond motifs is 3. The topological polar surface area (TPSA) is 62.4 Å². The molecule has 2 heterocycles. The zero-order valence-corrected chi connectivity index (χ0v) is 15.0. The Kier molecular flexibility index (Phi) is 4.18. The number of para-hydroxylation sites is 1. The Morgan fingerprint density at radius 2 is 1.85 bits per heavy atom. The lowest BCUT2D eigenvalue weighted by atomic mass is 9.87. The van der Waals surface area contributed by atoms with Crippen LogP contribution in [0.15, 0.2) is 48.5 Å². The van der Waals surface area contributed by atoms with Gasteiger partial charge in [-0.15, -0.1) is 0 Å². The Balaban J connectivity index is 2.01. The molecule has 0 spiro atoms. The van der Waals surface area contributed by atoms with E-state index in [1.807, 2.05) is 24.3 Å². The van der Waals surface area contributed by atoms with E-state index in [-0.39, 0.29) is 5.91 Å². The summed E-state index contributed by atoms with van der Waals surface area (Å²) < 4.78 is 19.7. The number of methoxy groups -OCH3 is 1. The number of hydrogen-bond acceptors (Lipinski definition) is 3. The zero-order chi connectivity index (χ0) is 19.1. The van der Waals surface area contributed by atoms with E-state index < -0.39 is 23.9 Å². The van der Waals surface area contributed by atoms with Crippen LogP contribution in [0.3, 0.4) is 0 Å². The van der Waals surface area contributed by atoms with E-state index in [9.17, 15) is 14.0 Å². The molecular formula is C21H19FN2O3. The average molecular weight is 366 g/mol. The molecular weight excluding hydrogens is 347 g/mol. The summed E-state index contributed by atoms with van der Waals surface area (Å²) in [6, 6.07) is 12.5. The number of aromatic nitrogens is 1. The predicted molar refractivity (Wildman–Crippen MR) is 98.6 cm³/mol. The van der Waals surface area contributed by atoms with Gasteiger partial charge in [0.05, 0.1) is 7.11 Å². The Hall–Kier alpha value is -3.15. The first-order chi connectivity index (χ1) is 13.0. The first kappa shape index (κ1) is 17.3. The maximum atomic E-state index is 14.7. The second kappa shape index (κ2) is 6.54. The van der Waals surface area contributed by atoms with Crippen molar-refractivity contribution in [3.8, 4) is 0 Å². The first-order valence-corrected chi connectivity index (χ1v) is 8.73. The molecule has 1 aliphatic rings. The second-order valence-electron chi connectivity index (χ2n) is 6.66. The van der Waals surface area contributed by atoms with E-state index in [1.165, 1.54) is 25.0 Å². The van der Waals surface area contributed by atoms with Crippen molar-refractivity contribution >= 4 is 22.8 Å². The smallest absolute Gasteiger partial charge is 0.328 e. The van der Waals surface area contributed by atoms with Crippen LogP contribution in [0, 0.1) is 5.82 Å². The van der Waals surface area contributed by atoms with Crippen molar-refractivity contribution in [3.05, 3.63) is 71.2 Å². The van der Waals surface area contributed by atoms with Crippen LogP contribution in [0.25, 0.3) is 10.9 Å². The number of carbonyl (C=O) groups excluding carboxylic acids is 2. The number of halogens is 1. The predicted octanol–water partition coefficient (Wildman–Crippen LogP) is 3.34. The minimum Gasteiger partial charge on any atom is -0.467 e. The van der Waals surface area contributed by atoms with Gasteiger partial charge in [-0.2, -0.15) is 0 Å². The monoisotopic (exact) mass is 366 g/mol. The summed E-state index contributed by atoms with van der Waals surface area (Å²) in [5.41, 5.74) is 2.87. The van der Waals surface area contributed by atoms with Crippen LogP contribution in [0.1, 0.15) is 29.8 Å². The summed E-state index contributed by atoms with van der Waals surface area (Å²) in [6.07, 6.45) is 0.316. The summed E-state index contributed by atoms with van der Waals surface area (Å²) in [5, 5.41) is 0.964. The van der Waals surface area contributed by atoms with E-state index in [1.54, 1.807) is 18.2 Å². The average Bonchev–Trinajstić information content (AvgIpc) is 3.05. The SMILES string of the molecule is COC(=O)[C@H]1Cc2c([nH]c3ccccc23)[C@H](c2ccccc2F)N1C(C)=O. The van der Waals surface area contributed by atoms with Crippen molar-refractivity contribution in [2.75, 3.05) is 7.11 Å². The molecule has 4 rings (SSSR count). The molecule has 1 aromatic heterocycles. The van der Waals surface area contributed by atoms with Crippen LogP contribution in [0.4, 0.5) is 4.39 Å². The zero-order valence-electron chi connectivity index (χ0n) is 15.0. The number of hydrogen-bond donors (Lipinski definition) is 1. The van der Waals surface area contributed by atoms with Crippen LogP contribution in [0.2, 0.25) is 0 Å². The summed E-state index contributed by atoms with van der Waals surface area (Å²) in [5.74, 6) is -1.26. The van der Waals surface area contributed by atoms with Gasteiger partial charge in [-0.05, 0) is 17.7 Å². The molecule has 1 N–H and O–H groups in total. The van der Waals surface area contributed by atoms with Gasteiger partial charge in [-0.1, -0.05) is 36.4 Å². The Morgan fingerprint density at radius 1 is 1.15 bits per heavy atom. The van der Waals surface area contributed by atoms with Crippen LogP contribution in [-0.2, 0) is 20.7 Å². The first-order valence-electron chi connectivity index (χ1n) is 8.73. The highest BCUT2D eigenvalue weighted by molar-refractivity contribution is 5.90. The van der Waals surface area contributed by atoms with Crippen molar-refractivity contribution in [2.24, 2.45) is 0 Å². The van der Waals surface area contributed by atoms with Crippen LogP contribution in [0.5, 0.6) is 0 Å². The molecule has 3 aromatic rings. The number of H-pyrrole nitrogens is 1. The van der Waals surface area contributed by atoms with E-state index >= 15 is 0 Å². The highest BCUT2D eigenvalue weighted by atomic mass is 19.1. The quantitative estimate of drug-likeness (QED) is 0.708. The number of rotatable bonds is 2. The lowest BCUT2D eigenvalue weighted by Crippen LogP contribution is -2.51. The lowest BCUT2D eigenvalue weighted by molar-refractivity contribution is -0.154. The van der Waals surface area contributed by atoms with Crippen molar-refractivity contribution in [2.45, 2.75) is 25.4 Å². The van der Waals surface area contributed by atoms with Gasteiger partial charge in [-0.3, -0.25) is 4.79 Å². The van der Waals surface area contributed by atoms with Crippen LogP contribution in [-0.4, -0.2) is 34.9 Å². The van der Waals surface area contributed by atoms with Crippen molar-refractivity contribution in [3.63, 3.8) is 0 Å². The van der Waals surface area contributed by atoms with Gasteiger partial charge in [0.25, 0.3) is 0 Å². The second-order valence-corrected chi connectivity index (χ2v) is 6.66. The van der Waals surface area contributed by atoms with Gasteiger partial charge < -0.3 is 14.6 Å². The van der Waals surface area contributed by atoms with E-state index in [0.29, 0.717) is 12.0 Å². The summed E-state index contributed by atoms with van der Waals surface area (Å²) in [4.78, 5) is 29.8. The number of ether oxygens (including phenoxy) is 1. The molecule has 2 atom stereocenters. The molecule has 0 saturated carbocycles. The molecule has 0 aliphatic carbocycles. The minimum absolute atomic E-state index is 0.316. The number of amides is 1. The minimum atomic E-state index is -0.816. The molecule has 6 heteroatoms. The molecule has 1 amide bonds. The number of esters is 1. The largest absolute Gasteiger partial charge is 0.467 e. The summed E-state index contributed by atoms with van der Waals surface area (Å²) in [6.45, 7) is 1.39. The van der Waals surface area contributed by atoms with E-state index in [0.717, 1.165) is 22.2 Å². The Labute approximate surface area is 155 Å². The Bertz CT molecular complexity index is 1040. The van der Waals surface area contributed by atoms with Gasteiger partial charge in [0.1, 0.15) is 17.9 Å². The third-order valence-electron chi connectivity index (χ3n) is 5.17. The van der Waals surface area contributed by atoms with Crippen molar-refractivity contribution in [1.29, 1.82) is 0 Å². The molecule has 1 aliphatic heterocycles. The molecule has 138 valence electrons. The Morgan fingerprint density at radius 3 is 2.56 bits per heavy atom. The van der Waals surface area contributed by atoms with Gasteiger partial charge in [-0.25, -0.2) is 9.18 Å². The number of nitrogens with one attached hydrogen (secondary N) is 1. The molecule has 0 bridgehead atoms. The third-order valence-corrected chi connectivity index (χ3v) is 5.17. The van der Waals surface area contributed by atoms with Crippen LogP contribution >= 0.6 is 0 Å². The fourth-order valence-corrected chi connectivity index (χ4v) is 4.02. The molecule has 0 unspecified atom stereocenters. The van der Waals surface area contributed by atoms with Gasteiger partial charge in [0.15, 0.2) is 0 Å². The lowest BCUT2D eigenvalue weighted by Gasteiger charge is -2.40. The van der Waals surface area contributed by atoms with Gasteiger partial charge >= 0.3 is 5.97 Å². The van der Waals surface area contributed by atoms with Gasteiger partial charge in [0.2, 0.25) is 5.91 Å². The summed E-state index contributed by atoms with van der Waals surface area (Å²) in [7, 11) is 1.30. The molecule has 27 heavy (non-hydrogen) atoms. The molecule has 0 radical (unpaired) electrons. The highest BCUT2D eigenvalue weighted by Crippen LogP contribution is 2.41. The standard InChI is InChI=1S/C21H19FN2O3/c1-12(25)24-18(21(26)27-2)11-15-13-7-4-6-10-17(13)23-19(15)20(24)14-8-3-5-9-16(14)22/h3-10,18,20,23H,11H2,1-2H3/t18-,20+/m1/s1. The third kappa shape index (κ3) is 2.68. The fourth-order valence-electron chi connectivity index (χ4n) is 4.02. The number of aromatic amines is 1. The van der Waals surface area contributed by atoms with Crippen molar-refractivity contribution in [1.82, 2.24) is 9.88 Å². The number of nitrogens with zero attached hydrogens (tertiary/aromatic N) is 1. The van der Waals surface area contributed by atoms with E-state index in [4.69, 9.17) is 4.74 Å². The molecule has 2 aromatic carbocycles. The van der Waals surface area contributed by atoms with E-state index in [2.05, 4.69) is 4.98 Å². The summed E-state index contributed by atoms with van der Waals surface area (Å²) >= 11 is 0. The van der Waals surface area contributed by atoms with Gasteiger partial charge in [0, 0.05) is 35.5 Å². The molecule has 0 saturated heterocycles. The van der Waals surface area contributed by atoms with Crippen molar-refractivity contribution < 1.29 is 18.7 Å². The maximum absolute atomic E-state index is 14.7. The normalized spacial score (nSPS) is 19.0. The van der Waals surface area contributed by atoms with Crippen LogP contribution < -0.4 is 0 Å². The number of benzene rings is 2.